The van der Waals surface area contributed by atoms with Gasteiger partial charge in [0.05, 0.1) is 6.20 Å². The number of nitrogens with one attached hydrogen (secondary N) is 1. The van der Waals surface area contributed by atoms with Gasteiger partial charge in [-0.2, -0.15) is 5.10 Å². The van der Waals surface area contributed by atoms with Gasteiger partial charge in [0.25, 0.3) is 0 Å². The first-order valence-corrected chi connectivity index (χ1v) is 6.28. The van der Waals surface area contributed by atoms with Gasteiger partial charge in [-0.15, -0.1) is 0 Å². The summed E-state index contributed by atoms with van der Waals surface area (Å²) >= 11 is 0. The van der Waals surface area contributed by atoms with Crippen LogP contribution in [-0.2, 0) is 15.9 Å². The van der Waals surface area contributed by atoms with E-state index in [0.717, 1.165) is 37.2 Å². The van der Waals surface area contributed by atoms with Crippen molar-refractivity contribution in [3.8, 4) is 0 Å². The van der Waals surface area contributed by atoms with E-state index in [-0.39, 0.29) is 18.9 Å². The summed E-state index contributed by atoms with van der Waals surface area (Å²) in [7, 11) is 3.29. The molecule has 0 radical (unpaired) electrons. The van der Waals surface area contributed by atoms with Crippen molar-refractivity contribution in [1.82, 2.24) is 9.78 Å². The monoisotopic (exact) mass is 255 g/mol. The van der Waals surface area contributed by atoms with E-state index in [1.807, 2.05) is 10.9 Å². The van der Waals surface area contributed by atoms with Gasteiger partial charge in [0, 0.05) is 32.9 Å². The highest BCUT2D eigenvalue weighted by Gasteiger charge is 2.29. The molecule has 6 nitrogen and oxygen atoms in total. The Morgan fingerprint density at radius 2 is 2.33 bits per heavy atom. The van der Waals surface area contributed by atoms with Gasteiger partial charge in [-0.25, -0.2) is 4.68 Å². The molecule has 2 rings (SSSR count). The smallest absolute Gasteiger partial charge is 0.179 e. The van der Waals surface area contributed by atoms with Crippen LogP contribution < -0.4 is 5.32 Å². The zero-order chi connectivity index (χ0) is 13.0. The first-order valence-electron chi connectivity index (χ1n) is 6.28. The third kappa shape index (κ3) is 2.50. The van der Waals surface area contributed by atoms with E-state index < -0.39 is 0 Å². The molecule has 0 aliphatic carbocycles. The van der Waals surface area contributed by atoms with Gasteiger partial charge in [-0.05, 0) is 19.3 Å². The molecule has 0 saturated carbocycles. The predicted octanol–water partition coefficient (Wildman–Crippen LogP) is 0.784. The van der Waals surface area contributed by atoms with Crippen molar-refractivity contribution >= 4 is 5.82 Å². The zero-order valence-corrected chi connectivity index (χ0v) is 10.9. The first-order chi connectivity index (χ1) is 8.81. The number of rotatable bonds is 6. The number of fused-ring (bicyclic) bond motifs is 1. The third-order valence-electron chi connectivity index (χ3n) is 3.30. The number of ether oxygens (including phenoxy) is 2. The highest BCUT2D eigenvalue weighted by Crippen LogP contribution is 2.30. The molecule has 2 heterocycles. The molecule has 6 heteroatoms. The topological polar surface area (TPSA) is 68.5 Å². The molecule has 1 unspecified atom stereocenters. The van der Waals surface area contributed by atoms with Crippen LogP contribution in [-0.4, -0.2) is 48.5 Å². The Morgan fingerprint density at radius 1 is 1.56 bits per heavy atom. The van der Waals surface area contributed by atoms with Gasteiger partial charge in [-0.1, -0.05) is 0 Å². The molecule has 1 aliphatic rings. The maximum Gasteiger partial charge on any atom is 0.179 e. The molecule has 1 aromatic heterocycles. The molecule has 0 spiro atoms. The van der Waals surface area contributed by atoms with Gasteiger partial charge < -0.3 is 19.9 Å². The summed E-state index contributed by atoms with van der Waals surface area (Å²) < 4.78 is 12.6. The van der Waals surface area contributed by atoms with Gasteiger partial charge in [0.1, 0.15) is 11.9 Å². The lowest BCUT2D eigenvalue weighted by Crippen LogP contribution is -2.34. The standard InChI is InChI=1S/C12H21N3O3/c1-17-12(18-2)10-5-6-13-11-9(4-3-7-16)8-14-15(10)11/h8,10,12-13,16H,3-7H2,1-2H3. The van der Waals surface area contributed by atoms with E-state index in [9.17, 15) is 0 Å². The molecule has 0 saturated heterocycles. The average Bonchev–Trinajstić information content (AvgIpc) is 2.82. The SMILES string of the molecule is COC(OC)C1CCNc2c(CCCO)cnn21. The third-order valence-corrected chi connectivity index (χ3v) is 3.30. The quantitative estimate of drug-likeness (QED) is 0.735. The van der Waals surface area contributed by atoms with Crippen molar-refractivity contribution < 1.29 is 14.6 Å². The second-order valence-electron chi connectivity index (χ2n) is 4.41. The van der Waals surface area contributed by atoms with Crippen LogP contribution in [0.15, 0.2) is 6.20 Å². The van der Waals surface area contributed by atoms with E-state index >= 15 is 0 Å². The fourth-order valence-electron chi connectivity index (χ4n) is 2.42. The van der Waals surface area contributed by atoms with Crippen LogP contribution in [0, 0.1) is 0 Å². The van der Waals surface area contributed by atoms with Crippen LogP contribution in [0.2, 0.25) is 0 Å². The minimum Gasteiger partial charge on any atom is -0.396 e. The average molecular weight is 255 g/mol. The second kappa shape index (κ2) is 6.17. The molecule has 2 N–H and O–H groups in total. The number of aryl methyl sites for hydroxylation is 1. The summed E-state index contributed by atoms with van der Waals surface area (Å²) in [5.41, 5.74) is 1.14. The molecule has 1 atom stereocenters. The summed E-state index contributed by atoms with van der Waals surface area (Å²) in [5, 5.41) is 16.7. The first kappa shape index (κ1) is 13.3. The Morgan fingerprint density at radius 3 is 3.00 bits per heavy atom. The van der Waals surface area contributed by atoms with Crippen LogP contribution in [0.4, 0.5) is 5.82 Å². The van der Waals surface area contributed by atoms with Gasteiger partial charge in [0.15, 0.2) is 6.29 Å². The lowest BCUT2D eigenvalue weighted by Gasteiger charge is -2.30. The van der Waals surface area contributed by atoms with Gasteiger partial charge in [0.2, 0.25) is 0 Å². The highest BCUT2D eigenvalue weighted by molar-refractivity contribution is 5.45. The number of methoxy groups -OCH3 is 2. The molecule has 18 heavy (non-hydrogen) atoms. The fourth-order valence-corrected chi connectivity index (χ4v) is 2.42. The van der Waals surface area contributed by atoms with Crippen LogP contribution in [0.1, 0.15) is 24.4 Å². The maximum absolute atomic E-state index is 8.90. The van der Waals surface area contributed by atoms with Crippen LogP contribution in [0.5, 0.6) is 0 Å². The molecule has 0 bridgehead atoms. The van der Waals surface area contributed by atoms with Gasteiger partial charge in [-0.3, -0.25) is 0 Å². The lowest BCUT2D eigenvalue weighted by molar-refractivity contribution is -0.135. The van der Waals surface area contributed by atoms with Crippen molar-refractivity contribution in [2.24, 2.45) is 0 Å². The van der Waals surface area contributed by atoms with Crippen LogP contribution in [0.3, 0.4) is 0 Å². The molecule has 1 aliphatic heterocycles. The Balaban J connectivity index is 2.19. The molecule has 1 aromatic rings. The van der Waals surface area contributed by atoms with Crippen molar-refractivity contribution in [3.63, 3.8) is 0 Å². The van der Waals surface area contributed by atoms with Crippen LogP contribution in [0.25, 0.3) is 0 Å². The maximum atomic E-state index is 8.90. The van der Waals surface area contributed by atoms with E-state index in [4.69, 9.17) is 14.6 Å². The zero-order valence-electron chi connectivity index (χ0n) is 10.9. The number of aliphatic hydroxyl groups excluding tert-OH is 1. The Kier molecular flexibility index (Phi) is 4.57. The number of aromatic nitrogens is 2. The molecule has 0 fully saturated rings. The normalized spacial score (nSPS) is 18.8. The minimum absolute atomic E-state index is 0.0964. The minimum atomic E-state index is -0.281. The summed E-state index contributed by atoms with van der Waals surface area (Å²) in [6, 6.07) is 0.0964. The molecule has 102 valence electrons. The number of anilines is 1. The molecular formula is C12H21N3O3. The van der Waals surface area contributed by atoms with E-state index in [1.165, 1.54) is 0 Å². The largest absolute Gasteiger partial charge is 0.396 e. The summed E-state index contributed by atoms with van der Waals surface area (Å²) in [6.07, 6.45) is 4.08. The summed E-state index contributed by atoms with van der Waals surface area (Å²) in [5.74, 6) is 1.03. The second-order valence-corrected chi connectivity index (χ2v) is 4.41. The van der Waals surface area contributed by atoms with E-state index in [2.05, 4.69) is 10.4 Å². The Hall–Kier alpha value is -1.11. The van der Waals surface area contributed by atoms with E-state index in [0.29, 0.717) is 0 Å². The van der Waals surface area contributed by atoms with E-state index in [1.54, 1.807) is 14.2 Å². The number of aliphatic hydroxyl groups is 1. The summed E-state index contributed by atoms with van der Waals surface area (Å²) in [4.78, 5) is 0. The Labute approximate surface area is 107 Å². The Bertz CT molecular complexity index is 377. The predicted molar refractivity (Wildman–Crippen MR) is 67.6 cm³/mol. The number of nitrogens with zero attached hydrogens (tertiary/aromatic N) is 2. The van der Waals surface area contributed by atoms with Crippen molar-refractivity contribution in [3.05, 3.63) is 11.8 Å². The van der Waals surface area contributed by atoms with Gasteiger partial charge >= 0.3 is 0 Å². The molecule has 0 amide bonds. The number of hydrogen-bond donors (Lipinski definition) is 2. The fraction of sp³-hybridized carbons (Fsp3) is 0.750. The molecular weight excluding hydrogens is 234 g/mol. The van der Waals surface area contributed by atoms with Crippen molar-refractivity contribution in [1.29, 1.82) is 0 Å². The lowest BCUT2D eigenvalue weighted by atomic mass is 10.1. The van der Waals surface area contributed by atoms with Crippen molar-refractivity contribution in [2.75, 3.05) is 32.7 Å². The highest BCUT2D eigenvalue weighted by atomic mass is 16.7. The number of hydrogen-bond acceptors (Lipinski definition) is 5. The van der Waals surface area contributed by atoms with Crippen LogP contribution >= 0.6 is 0 Å². The van der Waals surface area contributed by atoms with Crippen molar-refractivity contribution in [2.45, 2.75) is 31.6 Å². The summed E-state index contributed by atoms with van der Waals surface area (Å²) in [6.45, 7) is 1.08. The molecule has 0 aromatic carbocycles.